The second-order valence-corrected chi connectivity index (χ2v) is 5.76. The zero-order chi connectivity index (χ0) is 17.8. The monoisotopic (exact) mass is 343 g/mol. The zero-order valence-corrected chi connectivity index (χ0v) is 14.0. The zero-order valence-electron chi connectivity index (χ0n) is 14.0. The van der Waals surface area contributed by atoms with Gasteiger partial charge in [-0.1, -0.05) is 12.1 Å². The molecule has 0 unspecified atom stereocenters. The molecule has 0 aliphatic carbocycles. The molecule has 0 radical (unpaired) electrons. The highest BCUT2D eigenvalue weighted by Crippen LogP contribution is 2.13. The molecule has 4 rings (SSSR count). The lowest BCUT2D eigenvalue weighted by atomic mass is 10.1. The first kappa shape index (κ1) is 15.8. The third-order valence-electron chi connectivity index (χ3n) is 4.04. The number of nitrogens with zero attached hydrogens (tertiary/aromatic N) is 4. The fourth-order valence-electron chi connectivity index (χ4n) is 2.76. The maximum absolute atomic E-state index is 12.6. The largest absolute Gasteiger partial charge is 0.348 e. The topological polar surface area (TPSA) is 64.7 Å². The van der Waals surface area contributed by atoms with Gasteiger partial charge in [-0.3, -0.25) is 4.79 Å². The maximum atomic E-state index is 12.6. The number of rotatable bonds is 5. The number of nitrogens with one attached hydrogen (secondary N) is 1. The van der Waals surface area contributed by atoms with E-state index in [2.05, 4.69) is 15.4 Å². The molecular formula is C20H17N5O. The summed E-state index contributed by atoms with van der Waals surface area (Å²) in [7, 11) is 0. The van der Waals surface area contributed by atoms with Crippen LogP contribution in [0, 0.1) is 0 Å². The lowest BCUT2D eigenvalue weighted by molar-refractivity contribution is 0.0951. The summed E-state index contributed by atoms with van der Waals surface area (Å²) < 4.78 is 3.65. The maximum Gasteiger partial charge on any atom is 0.251 e. The predicted molar refractivity (Wildman–Crippen MR) is 98.3 cm³/mol. The van der Waals surface area contributed by atoms with Crippen molar-refractivity contribution in [2.45, 2.75) is 6.54 Å². The molecule has 6 nitrogen and oxygen atoms in total. The molecule has 1 N–H and O–H groups in total. The minimum atomic E-state index is -0.130. The van der Waals surface area contributed by atoms with Gasteiger partial charge >= 0.3 is 0 Å². The van der Waals surface area contributed by atoms with E-state index in [9.17, 15) is 4.79 Å². The summed E-state index contributed by atoms with van der Waals surface area (Å²) in [5.74, 6) is 0.577. The van der Waals surface area contributed by atoms with E-state index in [1.165, 1.54) is 0 Å². The van der Waals surface area contributed by atoms with Crippen LogP contribution in [0.1, 0.15) is 15.9 Å². The highest BCUT2D eigenvalue weighted by Gasteiger charge is 2.10. The summed E-state index contributed by atoms with van der Waals surface area (Å²) in [5.41, 5.74) is 2.45. The molecule has 0 saturated heterocycles. The number of hydrogen-bond donors (Lipinski definition) is 1. The van der Waals surface area contributed by atoms with Crippen LogP contribution < -0.4 is 5.32 Å². The van der Waals surface area contributed by atoms with Crippen LogP contribution >= 0.6 is 0 Å². The number of aromatic nitrogens is 4. The molecular weight excluding hydrogens is 326 g/mol. The summed E-state index contributed by atoms with van der Waals surface area (Å²) in [5, 5.41) is 7.17. The van der Waals surface area contributed by atoms with Crippen LogP contribution in [0.25, 0.3) is 11.5 Å². The van der Waals surface area contributed by atoms with Crippen molar-refractivity contribution in [2.24, 2.45) is 0 Å². The number of carbonyl (C=O) groups is 1. The van der Waals surface area contributed by atoms with Crippen LogP contribution in [-0.4, -0.2) is 25.2 Å². The summed E-state index contributed by atoms with van der Waals surface area (Å²) in [6, 6.07) is 17.0. The average molecular weight is 343 g/mol. The lowest BCUT2D eigenvalue weighted by Crippen LogP contribution is -2.24. The summed E-state index contributed by atoms with van der Waals surface area (Å²) in [6.45, 7) is 0.371. The van der Waals surface area contributed by atoms with Crippen LogP contribution in [0.3, 0.4) is 0 Å². The van der Waals surface area contributed by atoms with Gasteiger partial charge in [-0.15, -0.1) is 0 Å². The average Bonchev–Trinajstić information content (AvgIpc) is 3.40. The first-order valence-electron chi connectivity index (χ1n) is 8.27. The Balaban J connectivity index is 1.51. The van der Waals surface area contributed by atoms with E-state index in [4.69, 9.17) is 0 Å². The van der Waals surface area contributed by atoms with Crippen molar-refractivity contribution in [1.29, 1.82) is 0 Å². The van der Waals surface area contributed by atoms with Gasteiger partial charge < -0.3 is 9.88 Å². The molecule has 0 aliphatic rings. The van der Waals surface area contributed by atoms with Crippen LogP contribution in [-0.2, 0) is 6.54 Å². The Morgan fingerprint density at radius 2 is 1.85 bits per heavy atom. The Kier molecular flexibility index (Phi) is 4.30. The molecule has 6 heteroatoms. The number of pyridine rings is 1. The first-order chi connectivity index (χ1) is 12.8. The van der Waals surface area contributed by atoms with Crippen LogP contribution in [0.15, 0.2) is 85.6 Å². The highest BCUT2D eigenvalue weighted by atomic mass is 16.1. The van der Waals surface area contributed by atoms with E-state index in [0.29, 0.717) is 17.9 Å². The Bertz CT molecular complexity index is 1010. The molecule has 1 amide bonds. The molecule has 0 fully saturated rings. The van der Waals surface area contributed by atoms with Gasteiger partial charge in [0.2, 0.25) is 0 Å². The Hall–Kier alpha value is -3.67. The van der Waals surface area contributed by atoms with Gasteiger partial charge in [0.05, 0.1) is 0 Å². The smallest absolute Gasteiger partial charge is 0.251 e. The van der Waals surface area contributed by atoms with Crippen LogP contribution in [0.5, 0.6) is 0 Å². The predicted octanol–water partition coefficient (Wildman–Crippen LogP) is 2.99. The molecule has 3 heterocycles. The highest BCUT2D eigenvalue weighted by molar-refractivity contribution is 5.94. The molecule has 0 atom stereocenters. The van der Waals surface area contributed by atoms with Gasteiger partial charge in [0.25, 0.3) is 5.91 Å². The van der Waals surface area contributed by atoms with E-state index in [1.54, 1.807) is 23.1 Å². The number of benzene rings is 1. The minimum Gasteiger partial charge on any atom is -0.348 e. The third-order valence-corrected chi connectivity index (χ3v) is 4.04. The lowest BCUT2D eigenvalue weighted by Gasteiger charge is -2.10. The van der Waals surface area contributed by atoms with E-state index in [1.807, 2.05) is 71.7 Å². The van der Waals surface area contributed by atoms with E-state index in [-0.39, 0.29) is 5.91 Å². The van der Waals surface area contributed by atoms with Crippen molar-refractivity contribution >= 4 is 5.91 Å². The van der Waals surface area contributed by atoms with Crippen molar-refractivity contribution in [2.75, 3.05) is 0 Å². The second-order valence-electron chi connectivity index (χ2n) is 5.76. The van der Waals surface area contributed by atoms with E-state index < -0.39 is 0 Å². The third kappa shape index (κ3) is 3.25. The van der Waals surface area contributed by atoms with Crippen molar-refractivity contribution in [3.63, 3.8) is 0 Å². The summed E-state index contributed by atoms with van der Waals surface area (Å²) >= 11 is 0. The second kappa shape index (κ2) is 7.06. The van der Waals surface area contributed by atoms with Gasteiger partial charge in [-0.2, -0.15) is 5.10 Å². The van der Waals surface area contributed by atoms with E-state index in [0.717, 1.165) is 11.3 Å². The Labute approximate surface area is 150 Å². The van der Waals surface area contributed by atoms with Crippen LogP contribution in [0.4, 0.5) is 0 Å². The molecule has 128 valence electrons. The Morgan fingerprint density at radius 1 is 0.962 bits per heavy atom. The molecule has 26 heavy (non-hydrogen) atoms. The number of hydrogen-bond acceptors (Lipinski definition) is 3. The minimum absolute atomic E-state index is 0.130. The fraction of sp³-hybridized carbons (Fsp3) is 0.0500. The summed E-state index contributed by atoms with van der Waals surface area (Å²) in [4.78, 5) is 16.9. The molecule has 0 saturated carbocycles. The van der Waals surface area contributed by atoms with Crippen LogP contribution in [0.2, 0.25) is 0 Å². The van der Waals surface area contributed by atoms with Crippen molar-refractivity contribution in [1.82, 2.24) is 24.6 Å². The molecule has 1 aromatic carbocycles. The van der Waals surface area contributed by atoms with Gasteiger partial charge in [0.1, 0.15) is 0 Å². The van der Waals surface area contributed by atoms with Gasteiger partial charge in [-0.25, -0.2) is 9.67 Å². The van der Waals surface area contributed by atoms with Crippen molar-refractivity contribution < 1.29 is 4.79 Å². The molecule has 0 aliphatic heterocycles. The molecule has 3 aromatic heterocycles. The number of carbonyl (C=O) groups excluding carboxylic acids is 1. The van der Waals surface area contributed by atoms with Gasteiger partial charge in [0, 0.05) is 54.3 Å². The van der Waals surface area contributed by atoms with Gasteiger partial charge in [-0.05, 0) is 42.5 Å². The molecule has 0 bridgehead atoms. The van der Waals surface area contributed by atoms with Crippen molar-refractivity contribution in [3.8, 4) is 11.5 Å². The Morgan fingerprint density at radius 3 is 2.65 bits per heavy atom. The molecule has 4 aromatic rings. The standard InChI is InChI=1S/C20H17N5O/c26-20(16-6-3-8-18(14-16)24-11-1-2-12-24)22-15-17-7-4-9-21-19(17)25-13-5-10-23-25/h1-14H,15H2,(H,22,26). The first-order valence-corrected chi connectivity index (χ1v) is 8.27. The van der Waals surface area contributed by atoms with E-state index >= 15 is 0 Å². The normalized spacial score (nSPS) is 10.6. The SMILES string of the molecule is O=C(NCc1cccnc1-n1cccn1)c1cccc(-n2cccc2)c1. The van der Waals surface area contributed by atoms with Gasteiger partial charge in [0.15, 0.2) is 5.82 Å². The summed E-state index contributed by atoms with van der Waals surface area (Å²) in [6.07, 6.45) is 9.13. The quantitative estimate of drug-likeness (QED) is 0.606. The molecule has 0 spiro atoms. The fourth-order valence-corrected chi connectivity index (χ4v) is 2.76. The van der Waals surface area contributed by atoms with Crippen molar-refractivity contribution in [3.05, 3.63) is 96.7 Å². The number of amides is 1.